The lowest BCUT2D eigenvalue weighted by Gasteiger charge is -2.05. The molecule has 5 heteroatoms. The number of carbonyl (C=O) groups is 1. The lowest BCUT2D eigenvalue weighted by atomic mass is 10.1. The molecule has 2 rings (SSSR count). The highest BCUT2D eigenvalue weighted by molar-refractivity contribution is 7.71. The van der Waals surface area contributed by atoms with Crippen LogP contribution in [0.1, 0.15) is 10.5 Å². The van der Waals surface area contributed by atoms with Gasteiger partial charge in [-0.05, 0) is 12.2 Å². The van der Waals surface area contributed by atoms with Crippen LogP contribution in [0.25, 0.3) is 11.3 Å². The van der Waals surface area contributed by atoms with Crippen molar-refractivity contribution < 1.29 is 9.53 Å². The molecule has 0 saturated carbocycles. The molecule has 2 aromatic rings. The average molecular weight is 248 g/mol. The Labute approximate surface area is 104 Å². The fourth-order valence-corrected chi connectivity index (χ4v) is 1.90. The average Bonchev–Trinajstić information content (AvgIpc) is 2.66. The van der Waals surface area contributed by atoms with Gasteiger partial charge in [0.15, 0.2) is 10.5 Å². The maximum absolute atomic E-state index is 11.7. The molecule has 0 aliphatic rings. The summed E-state index contributed by atoms with van der Waals surface area (Å²) in [4.78, 5) is 14.5. The maximum atomic E-state index is 11.7. The lowest BCUT2D eigenvalue weighted by molar-refractivity contribution is 0.0595. The van der Waals surface area contributed by atoms with E-state index in [1.165, 1.54) is 7.11 Å². The zero-order valence-electron chi connectivity index (χ0n) is 9.56. The Bertz CT molecular complexity index is 599. The number of aromatic nitrogens is 2. The maximum Gasteiger partial charge on any atom is 0.356 e. The molecule has 0 amide bonds. The molecular weight excluding hydrogens is 236 g/mol. The Kier molecular flexibility index (Phi) is 3.10. The summed E-state index contributed by atoms with van der Waals surface area (Å²) in [5.41, 5.74) is 2.04. The molecule has 0 fully saturated rings. The number of esters is 1. The highest BCUT2D eigenvalue weighted by atomic mass is 32.1. The number of nitrogens with zero attached hydrogens (tertiary/aromatic N) is 1. The fourth-order valence-electron chi connectivity index (χ4n) is 1.70. The van der Waals surface area contributed by atoms with Gasteiger partial charge in [0.2, 0.25) is 0 Å². The molecule has 1 heterocycles. The number of hydrogen-bond donors (Lipinski definition) is 1. The molecule has 0 bridgehead atoms. The number of aromatic amines is 1. The van der Waals surface area contributed by atoms with Gasteiger partial charge >= 0.3 is 5.97 Å². The standard InChI is InChI=1S/C12H12N2O2S/c1-14-10(8-6-4-3-5-7-8)9(11(15)16-2)13-12(14)17/h3-7H,1-2H3,(H,13,17). The van der Waals surface area contributed by atoms with E-state index >= 15 is 0 Å². The van der Waals surface area contributed by atoms with Gasteiger partial charge in [-0.25, -0.2) is 4.79 Å². The Hall–Kier alpha value is -1.88. The van der Waals surface area contributed by atoms with Crippen LogP contribution < -0.4 is 0 Å². The van der Waals surface area contributed by atoms with Gasteiger partial charge in [0, 0.05) is 12.6 Å². The summed E-state index contributed by atoms with van der Waals surface area (Å²) in [5, 5.41) is 0. The van der Waals surface area contributed by atoms with Crippen molar-refractivity contribution in [2.45, 2.75) is 0 Å². The van der Waals surface area contributed by atoms with E-state index in [2.05, 4.69) is 4.98 Å². The van der Waals surface area contributed by atoms with Crippen molar-refractivity contribution in [2.75, 3.05) is 7.11 Å². The van der Waals surface area contributed by atoms with Crippen molar-refractivity contribution in [1.29, 1.82) is 0 Å². The van der Waals surface area contributed by atoms with Crippen molar-refractivity contribution in [3.63, 3.8) is 0 Å². The van der Waals surface area contributed by atoms with Gasteiger partial charge < -0.3 is 14.3 Å². The Morgan fingerprint density at radius 3 is 2.59 bits per heavy atom. The highest BCUT2D eigenvalue weighted by Gasteiger charge is 2.18. The molecule has 0 radical (unpaired) electrons. The molecule has 1 aromatic heterocycles. The molecule has 0 unspecified atom stereocenters. The van der Waals surface area contributed by atoms with Gasteiger partial charge in [0.05, 0.1) is 12.8 Å². The van der Waals surface area contributed by atoms with E-state index in [1.54, 1.807) is 4.57 Å². The lowest BCUT2D eigenvalue weighted by Crippen LogP contribution is -2.04. The molecule has 0 atom stereocenters. The highest BCUT2D eigenvalue weighted by Crippen LogP contribution is 2.23. The first-order valence-electron chi connectivity index (χ1n) is 5.08. The van der Waals surface area contributed by atoms with Crippen molar-refractivity contribution >= 4 is 18.2 Å². The predicted molar refractivity (Wildman–Crippen MR) is 67.4 cm³/mol. The minimum Gasteiger partial charge on any atom is -0.464 e. The zero-order valence-corrected chi connectivity index (χ0v) is 10.4. The number of H-pyrrole nitrogens is 1. The van der Waals surface area contributed by atoms with Crippen LogP contribution in [0.2, 0.25) is 0 Å². The SMILES string of the molecule is COC(=O)c1[nH]c(=S)n(C)c1-c1ccccc1. The molecule has 1 aromatic carbocycles. The quantitative estimate of drug-likeness (QED) is 0.656. The molecule has 0 spiro atoms. The van der Waals surface area contributed by atoms with E-state index in [0.717, 1.165) is 11.3 Å². The van der Waals surface area contributed by atoms with Gasteiger partial charge in [-0.1, -0.05) is 30.3 Å². The van der Waals surface area contributed by atoms with E-state index in [1.807, 2.05) is 37.4 Å². The van der Waals surface area contributed by atoms with Gasteiger partial charge in [-0.15, -0.1) is 0 Å². The molecule has 0 aliphatic carbocycles. The van der Waals surface area contributed by atoms with Gasteiger partial charge in [-0.2, -0.15) is 0 Å². The zero-order chi connectivity index (χ0) is 12.4. The first kappa shape index (κ1) is 11.6. The monoisotopic (exact) mass is 248 g/mol. The first-order valence-corrected chi connectivity index (χ1v) is 5.48. The number of imidazole rings is 1. The third-order valence-electron chi connectivity index (χ3n) is 2.55. The molecule has 17 heavy (non-hydrogen) atoms. The number of benzene rings is 1. The van der Waals surface area contributed by atoms with Crippen LogP contribution in [0.5, 0.6) is 0 Å². The summed E-state index contributed by atoms with van der Waals surface area (Å²) in [6.07, 6.45) is 0. The second kappa shape index (κ2) is 4.55. The predicted octanol–water partition coefficient (Wildman–Crippen LogP) is 2.54. The normalized spacial score (nSPS) is 10.2. The van der Waals surface area contributed by atoms with Crippen LogP contribution in [-0.4, -0.2) is 22.6 Å². The summed E-state index contributed by atoms with van der Waals surface area (Å²) in [5.74, 6) is -0.421. The van der Waals surface area contributed by atoms with E-state index in [9.17, 15) is 4.79 Å². The third-order valence-corrected chi connectivity index (χ3v) is 2.92. The van der Waals surface area contributed by atoms with Crippen LogP contribution in [0.4, 0.5) is 0 Å². The second-order valence-corrected chi connectivity index (χ2v) is 3.96. The Morgan fingerprint density at radius 2 is 2.00 bits per heavy atom. The third kappa shape index (κ3) is 2.01. The van der Waals surface area contributed by atoms with Crippen LogP contribution in [0, 0.1) is 4.77 Å². The fraction of sp³-hybridized carbons (Fsp3) is 0.167. The minimum absolute atomic E-state index is 0.381. The Balaban J connectivity index is 2.68. The molecule has 0 aliphatic heterocycles. The smallest absolute Gasteiger partial charge is 0.356 e. The van der Waals surface area contributed by atoms with Gasteiger partial charge in [0.25, 0.3) is 0 Å². The minimum atomic E-state index is -0.421. The van der Waals surface area contributed by atoms with E-state index in [0.29, 0.717) is 10.5 Å². The number of ether oxygens (including phenoxy) is 1. The first-order chi connectivity index (χ1) is 8.15. The van der Waals surface area contributed by atoms with Crippen molar-refractivity contribution in [3.05, 3.63) is 40.8 Å². The number of carbonyl (C=O) groups excluding carboxylic acids is 1. The van der Waals surface area contributed by atoms with Crippen LogP contribution in [0.3, 0.4) is 0 Å². The summed E-state index contributed by atoms with van der Waals surface area (Å²) >= 11 is 5.13. The van der Waals surface area contributed by atoms with E-state index in [4.69, 9.17) is 17.0 Å². The molecule has 88 valence electrons. The van der Waals surface area contributed by atoms with Gasteiger partial charge in [0.1, 0.15) is 0 Å². The van der Waals surface area contributed by atoms with Crippen molar-refractivity contribution in [2.24, 2.45) is 7.05 Å². The van der Waals surface area contributed by atoms with Crippen LogP contribution in [0.15, 0.2) is 30.3 Å². The number of nitrogens with one attached hydrogen (secondary N) is 1. The Morgan fingerprint density at radius 1 is 1.35 bits per heavy atom. The summed E-state index contributed by atoms with van der Waals surface area (Å²) in [7, 11) is 3.16. The number of methoxy groups -OCH3 is 1. The topological polar surface area (TPSA) is 47.0 Å². The van der Waals surface area contributed by atoms with E-state index < -0.39 is 5.97 Å². The largest absolute Gasteiger partial charge is 0.464 e. The van der Waals surface area contributed by atoms with Crippen molar-refractivity contribution in [3.8, 4) is 11.3 Å². The van der Waals surface area contributed by atoms with E-state index in [-0.39, 0.29) is 0 Å². The number of rotatable bonds is 2. The molecular formula is C12H12N2O2S. The second-order valence-electron chi connectivity index (χ2n) is 3.57. The van der Waals surface area contributed by atoms with Crippen LogP contribution >= 0.6 is 12.2 Å². The molecule has 1 N–H and O–H groups in total. The van der Waals surface area contributed by atoms with Crippen molar-refractivity contribution in [1.82, 2.24) is 9.55 Å². The number of hydrogen-bond acceptors (Lipinski definition) is 3. The van der Waals surface area contributed by atoms with Crippen LogP contribution in [-0.2, 0) is 11.8 Å². The molecule has 0 saturated heterocycles. The molecule has 4 nitrogen and oxygen atoms in total. The summed E-state index contributed by atoms with van der Waals surface area (Å²) in [6.45, 7) is 0. The summed E-state index contributed by atoms with van der Waals surface area (Å²) < 4.78 is 6.99. The summed E-state index contributed by atoms with van der Waals surface area (Å²) in [6, 6.07) is 9.58. The van der Waals surface area contributed by atoms with Gasteiger partial charge in [-0.3, -0.25) is 0 Å².